The molecule has 1 atom stereocenters. The number of hydrogen-bond acceptors (Lipinski definition) is 3. The predicted octanol–water partition coefficient (Wildman–Crippen LogP) is 3.69. The molecule has 4 rings (SSSR count). The number of ether oxygens (including phenoxy) is 2. The third kappa shape index (κ3) is 4.70. The standard InChI is InChI=1S/C22H29ClN2O3/c23-10-11-24-22(26)25-18-5-7-19(8-6-18)28-21-20-14-16-4-2-1-3-15(16)13-17(20)9-12-27-21/h1-4,18-19,21H,5-14H2,(H2,24,25,26). The van der Waals surface area contributed by atoms with Crippen molar-refractivity contribution in [3.8, 4) is 0 Å². The van der Waals surface area contributed by atoms with Gasteiger partial charge in [-0.05, 0) is 61.6 Å². The number of rotatable bonds is 5. The van der Waals surface area contributed by atoms with Gasteiger partial charge in [-0.1, -0.05) is 29.8 Å². The van der Waals surface area contributed by atoms with Gasteiger partial charge in [-0.15, -0.1) is 11.6 Å². The Labute approximate surface area is 171 Å². The van der Waals surface area contributed by atoms with Crippen molar-refractivity contribution in [2.24, 2.45) is 0 Å². The summed E-state index contributed by atoms with van der Waals surface area (Å²) in [6, 6.07) is 8.77. The fourth-order valence-corrected chi connectivity index (χ4v) is 4.60. The van der Waals surface area contributed by atoms with Gasteiger partial charge in [-0.25, -0.2) is 4.79 Å². The number of fused-ring (bicyclic) bond motifs is 1. The van der Waals surface area contributed by atoms with E-state index in [0.29, 0.717) is 12.4 Å². The molecule has 3 aliphatic rings. The number of alkyl halides is 1. The van der Waals surface area contributed by atoms with Crippen LogP contribution in [0.15, 0.2) is 35.4 Å². The second-order valence-corrected chi connectivity index (χ2v) is 8.28. The number of halogens is 1. The van der Waals surface area contributed by atoms with E-state index >= 15 is 0 Å². The molecular formula is C22H29ClN2O3. The lowest BCUT2D eigenvalue weighted by molar-refractivity contribution is -0.162. The van der Waals surface area contributed by atoms with Crippen LogP contribution in [0.25, 0.3) is 0 Å². The summed E-state index contributed by atoms with van der Waals surface area (Å²) >= 11 is 5.60. The molecule has 1 heterocycles. The van der Waals surface area contributed by atoms with Crippen molar-refractivity contribution in [1.82, 2.24) is 10.6 Å². The number of carbonyl (C=O) groups excluding carboxylic acids is 1. The highest BCUT2D eigenvalue weighted by Gasteiger charge is 2.32. The van der Waals surface area contributed by atoms with E-state index in [1.54, 1.807) is 0 Å². The van der Waals surface area contributed by atoms with E-state index in [0.717, 1.165) is 51.6 Å². The minimum atomic E-state index is -0.210. The van der Waals surface area contributed by atoms with Crippen LogP contribution in [0, 0.1) is 0 Å². The number of hydrogen-bond donors (Lipinski definition) is 2. The van der Waals surface area contributed by atoms with Crippen LogP contribution >= 0.6 is 11.6 Å². The van der Waals surface area contributed by atoms with Crippen molar-refractivity contribution >= 4 is 17.6 Å². The van der Waals surface area contributed by atoms with E-state index in [9.17, 15) is 4.79 Å². The van der Waals surface area contributed by atoms with Gasteiger partial charge in [-0.2, -0.15) is 0 Å². The zero-order valence-electron chi connectivity index (χ0n) is 16.2. The molecule has 1 aliphatic heterocycles. The fourth-order valence-electron chi connectivity index (χ4n) is 4.50. The number of benzene rings is 1. The van der Waals surface area contributed by atoms with Crippen molar-refractivity contribution in [3.63, 3.8) is 0 Å². The molecule has 152 valence electrons. The largest absolute Gasteiger partial charge is 0.348 e. The first-order chi connectivity index (χ1) is 13.7. The Balaban J connectivity index is 1.30. The molecule has 1 saturated carbocycles. The average molecular weight is 405 g/mol. The molecule has 0 aromatic heterocycles. The highest BCUT2D eigenvalue weighted by atomic mass is 35.5. The number of amides is 2. The first kappa shape index (κ1) is 19.7. The first-order valence-electron chi connectivity index (χ1n) is 10.4. The van der Waals surface area contributed by atoms with Gasteiger partial charge in [-0.3, -0.25) is 0 Å². The molecule has 2 aliphatic carbocycles. The average Bonchev–Trinajstić information content (AvgIpc) is 2.72. The molecule has 1 fully saturated rings. The van der Waals surface area contributed by atoms with Gasteiger partial charge >= 0.3 is 6.03 Å². The SMILES string of the molecule is O=C(NCCCl)NC1CCC(OC2OCCC3=C2Cc2ccccc2C3)CC1. The Morgan fingerprint density at radius 3 is 2.64 bits per heavy atom. The van der Waals surface area contributed by atoms with Crippen LogP contribution in [0.1, 0.15) is 43.2 Å². The van der Waals surface area contributed by atoms with Crippen molar-refractivity contribution in [1.29, 1.82) is 0 Å². The van der Waals surface area contributed by atoms with Crippen molar-refractivity contribution in [3.05, 3.63) is 46.5 Å². The van der Waals surface area contributed by atoms with Crippen LogP contribution in [0.4, 0.5) is 4.79 Å². The lowest BCUT2D eigenvalue weighted by Gasteiger charge is -2.37. The second-order valence-electron chi connectivity index (χ2n) is 7.90. The lowest BCUT2D eigenvalue weighted by atomic mass is 9.83. The third-order valence-electron chi connectivity index (χ3n) is 6.02. The van der Waals surface area contributed by atoms with Gasteiger partial charge < -0.3 is 20.1 Å². The molecule has 0 radical (unpaired) electrons. The van der Waals surface area contributed by atoms with Crippen LogP contribution in [0.3, 0.4) is 0 Å². The van der Waals surface area contributed by atoms with Gasteiger partial charge in [0.15, 0.2) is 6.29 Å². The summed E-state index contributed by atoms with van der Waals surface area (Å²) < 4.78 is 12.4. The summed E-state index contributed by atoms with van der Waals surface area (Å²) in [5.74, 6) is 0.428. The smallest absolute Gasteiger partial charge is 0.315 e. The minimum absolute atomic E-state index is 0.128. The Morgan fingerprint density at radius 1 is 1.14 bits per heavy atom. The summed E-state index contributed by atoms with van der Waals surface area (Å²) in [7, 11) is 0. The normalized spacial score (nSPS) is 27.0. The Kier molecular flexibility index (Phi) is 6.55. The van der Waals surface area contributed by atoms with Gasteiger partial charge in [0.25, 0.3) is 0 Å². The Hall–Kier alpha value is -1.56. The molecule has 0 spiro atoms. The number of nitrogens with one attached hydrogen (secondary N) is 2. The van der Waals surface area contributed by atoms with Gasteiger partial charge in [0.05, 0.1) is 12.7 Å². The maximum absolute atomic E-state index is 11.8. The summed E-state index contributed by atoms with van der Waals surface area (Å²) in [6.07, 6.45) is 6.71. The monoisotopic (exact) mass is 404 g/mol. The summed E-state index contributed by atoms with van der Waals surface area (Å²) in [6.45, 7) is 1.23. The van der Waals surface area contributed by atoms with Gasteiger partial charge in [0, 0.05) is 18.5 Å². The molecule has 5 nitrogen and oxygen atoms in total. The van der Waals surface area contributed by atoms with Gasteiger partial charge in [0.2, 0.25) is 0 Å². The van der Waals surface area contributed by atoms with E-state index in [2.05, 4.69) is 34.9 Å². The minimum Gasteiger partial charge on any atom is -0.348 e. The quantitative estimate of drug-likeness (QED) is 0.581. The number of carbonyl (C=O) groups is 1. The van der Waals surface area contributed by atoms with Crippen molar-refractivity contribution in [2.75, 3.05) is 19.0 Å². The molecule has 1 unspecified atom stereocenters. The highest BCUT2D eigenvalue weighted by molar-refractivity contribution is 6.18. The van der Waals surface area contributed by atoms with Crippen LogP contribution in [0.5, 0.6) is 0 Å². The van der Waals surface area contributed by atoms with E-state index in [1.165, 1.54) is 22.3 Å². The zero-order valence-corrected chi connectivity index (χ0v) is 17.0. The highest BCUT2D eigenvalue weighted by Crippen LogP contribution is 2.35. The molecule has 6 heteroatoms. The summed E-state index contributed by atoms with van der Waals surface area (Å²) in [5.41, 5.74) is 5.68. The third-order valence-corrected chi connectivity index (χ3v) is 6.21. The lowest BCUT2D eigenvalue weighted by Crippen LogP contribution is -2.45. The predicted molar refractivity (Wildman–Crippen MR) is 110 cm³/mol. The van der Waals surface area contributed by atoms with Crippen molar-refractivity contribution < 1.29 is 14.3 Å². The molecule has 2 N–H and O–H groups in total. The van der Waals surface area contributed by atoms with Crippen LogP contribution in [-0.2, 0) is 22.3 Å². The molecular weight excluding hydrogens is 376 g/mol. The zero-order chi connectivity index (χ0) is 19.3. The Bertz CT molecular complexity index is 728. The maximum Gasteiger partial charge on any atom is 0.315 e. The number of urea groups is 1. The summed E-state index contributed by atoms with van der Waals surface area (Å²) in [5, 5.41) is 5.79. The molecule has 0 bridgehead atoms. The molecule has 28 heavy (non-hydrogen) atoms. The van der Waals surface area contributed by atoms with Crippen LogP contribution in [0.2, 0.25) is 0 Å². The second kappa shape index (κ2) is 9.29. The molecule has 1 aromatic carbocycles. The first-order valence-corrected chi connectivity index (χ1v) is 10.9. The van der Waals surface area contributed by atoms with Crippen LogP contribution in [-0.4, -0.2) is 43.5 Å². The van der Waals surface area contributed by atoms with Gasteiger partial charge in [0.1, 0.15) is 0 Å². The molecule has 0 saturated heterocycles. The van der Waals surface area contributed by atoms with E-state index in [-0.39, 0.29) is 24.5 Å². The van der Waals surface area contributed by atoms with E-state index in [4.69, 9.17) is 21.1 Å². The van der Waals surface area contributed by atoms with Crippen molar-refractivity contribution in [2.45, 2.75) is 63.4 Å². The Morgan fingerprint density at radius 2 is 1.89 bits per heavy atom. The van der Waals surface area contributed by atoms with Crippen LogP contribution < -0.4 is 10.6 Å². The summed E-state index contributed by atoms with van der Waals surface area (Å²) in [4.78, 5) is 11.8. The molecule has 2 amide bonds. The molecule has 1 aromatic rings. The fraction of sp³-hybridized carbons (Fsp3) is 0.591. The topological polar surface area (TPSA) is 59.6 Å². The van der Waals surface area contributed by atoms with E-state index < -0.39 is 0 Å². The van der Waals surface area contributed by atoms with E-state index in [1.807, 2.05) is 0 Å². The maximum atomic E-state index is 11.8.